The summed E-state index contributed by atoms with van der Waals surface area (Å²) in [5.41, 5.74) is 5.38. The number of nitrogens with zero attached hydrogens (tertiary/aromatic N) is 1. The molecule has 1 amide bonds. The highest BCUT2D eigenvalue weighted by atomic mass is 35.5. The minimum absolute atomic E-state index is 0.422. The number of amides is 1. The van der Waals surface area contributed by atoms with Crippen molar-refractivity contribution in [1.29, 1.82) is 0 Å². The summed E-state index contributed by atoms with van der Waals surface area (Å²) in [6.45, 7) is 12.8. The van der Waals surface area contributed by atoms with Gasteiger partial charge in [0.15, 0.2) is 0 Å². The molecule has 40 heavy (non-hydrogen) atoms. The first-order chi connectivity index (χ1) is 19.4. The predicted octanol–water partition coefficient (Wildman–Crippen LogP) is 8.71. The second-order valence-electron chi connectivity index (χ2n) is 9.81. The van der Waals surface area contributed by atoms with Crippen molar-refractivity contribution in [3.63, 3.8) is 0 Å². The summed E-state index contributed by atoms with van der Waals surface area (Å²) in [6, 6.07) is 23.8. The van der Waals surface area contributed by atoms with E-state index < -0.39 is 6.09 Å². The molecule has 0 heterocycles. The molecule has 3 aromatic rings. The van der Waals surface area contributed by atoms with Gasteiger partial charge in [0.05, 0.1) is 0 Å². The molecule has 0 fully saturated rings. The summed E-state index contributed by atoms with van der Waals surface area (Å²) in [7, 11) is 0. The lowest BCUT2D eigenvalue weighted by molar-refractivity contribution is 0.200. The van der Waals surface area contributed by atoms with Crippen LogP contribution in [0.25, 0.3) is 11.1 Å². The molecule has 0 radical (unpaired) electrons. The summed E-state index contributed by atoms with van der Waals surface area (Å²) >= 11 is 6.16. The Morgan fingerprint density at radius 1 is 0.775 bits per heavy atom. The average molecular weight is 563 g/mol. The third-order valence-electron chi connectivity index (χ3n) is 7.02. The van der Waals surface area contributed by atoms with E-state index in [1.807, 2.05) is 60.7 Å². The van der Waals surface area contributed by atoms with E-state index in [9.17, 15) is 4.79 Å². The predicted molar refractivity (Wildman–Crippen MR) is 167 cm³/mol. The summed E-state index contributed by atoms with van der Waals surface area (Å²) < 4.78 is 11.5. The van der Waals surface area contributed by atoms with E-state index in [4.69, 9.17) is 21.1 Å². The molecule has 6 heteroatoms. The van der Waals surface area contributed by atoms with Crippen molar-refractivity contribution >= 4 is 28.8 Å². The molecule has 0 aliphatic heterocycles. The first-order valence-electron chi connectivity index (χ1n) is 14.4. The highest BCUT2D eigenvalue weighted by Gasteiger charge is 2.13. The first-order valence-corrected chi connectivity index (χ1v) is 14.8. The van der Waals surface area contributed by atoms with Gasteiger partial charge in [-0.2, -0.15) is 0 Å². The third kappa shape index (κ3) is 9.72. The van der Waals surface area contributed by atoms with Crippen LogP contribution in [0.2, 0.25) is 5.02 Å². The molecule has 214 valence electrons. The smallest absolute Gasteiger partial charge is 0.412 e. The molecule has 3 aromatic carbocycles. The van der Waals surface area contributed by atoms with Crippen LogP contribution in [0.15, 0.2) is 72.8 Å². The molecule has 0 bridgehead atoms. The fourth-order valence-corrected chi connectivity index (χ4v) is 4.70. The number of allylic oxidation sites excluding steroid dienone is 1. The Morgan fingerprint density at radius 3 is 1.93 bits per heavy atom. The van der Waals surface area contributed by atoms with Gasteiger partial charge in [-0.25, -0.2) is 4.79 Å². The molecule has 0 aliphatic rings. The van der Waals surface area contributed by atoms with E-state index in [-0.39, 0.29) is 0 Å². The van der Waals surface area contributed by atoms with Gasteiger partial charge in [0.25, 0.3) is 0 Å². The Labute approximate surface area is 245 Å². The Kier molecular flexibility index (Phi) is 13.1. The number of hydrogen-bond acceptors (Lipinski definition) is 4. The van der Waals surface area contributed by atoms with Crippen LogP contribution in [0.4, 0.5) is 4.79 Å². The molecule has 0 unspecified atom stereocenters. The molecular weight excluding hydrogens is 520 g/mol. The van der Waals surface area contributed by atoms with Crippen molar-refractivity contribution in [3.05, 3.63) is 94.5 Å². The van der Waals surface area contributed by atoms with Crippen LogP contribution >= 0.6 is 11.6 Å². The fourth-order valence-electron chi connectivity index (χ4n) is 4.57. The van der Waals surface area contributed by atoms with Crippen molar-refractivity contribution in [2.24, 2.45) is 0 Å². The topological polar surface area (TPSA) is 50.8 Å². The number of rotatable bonds is 15. The minimum atomic E-state index is -0.422. The number of ether oxygens (including phenoxy) is 2. The first kappa shape index (κ1) is 31.3. The van der Waals surface area contributed by atoms with Crippen LogP contribution in [0, 0.1) is 0 Å². The Balaban J connectivity index is 1.79. The molecule has 0 spiro atoms. The van der Waals surface area contributed by atoms with E-state index in [2.05, 4.69) is 50.0 Å². The number of benzene rings is 3. The molecule has 3 rings (SSSR count). The molecule has 0 saturated carbocycles. The molecule has 0 aliphatic carbocycles. The van der Waals surface area contributed by atoms with Gasteiger partial charge in [0.1, 0.15) is 18.1 Å². The van der Waals surface area contributed by atoms with Crippen molar-refractivity contribution in [2.75, 3.05) is 32.8 Å². The third-order valence-corrected chi connectivity index (χ3v) is 7.27. The zero-order valence-corrected chi connectivity index (χ0v) is 25.1. The highest BCUT2D eigenvalue weighted by Crippen LogP contribution is 2.34. The van der Waals surface area contributed by atoms with Crippen molar-refractivity contribution in [3.8, 4) is 11.5 Å². The molecule has 1 N–H and O–H groups in total. The summed E-state index contributed by atoms with van der Waals surface area (Å²) in [5, 5.41) is 3.54. The number of halogens is 1. The molecule has 0 saturated heterocycles. The second kappa shape index (κ2) is 16.7. The standard InChI is InChI=1S/C34H43ClN2O3/c1-5-8-9-10-23-36-34(38)40-32-21-15-29(16-22-32)33(26(4)27-11-17-30(35)18-12-27)28-13-19-31(20-14-28)39-25-24-37(6-2)7-3/h11-22H,5-10,23-25H2,1-4H3,(H,36,38)/b33-26+. The Bertz CT molecular complexity index is 1200. The van der Waals surface area contributed by atoms with E-state index in [1.54, 1.807) is 0 Å². The summed E-state index contributed by atoms with van der Waals surface area (Å²) in [4.78, 5) is 14.6. The van der Waals surface area contributed by atoms with Gasteiger partial charge >= 0.3 is 6.09 Å². The number of carbonyl (C=O) groups excluding carboxylic acids is 1. The van der Waals surface area contributed by atoms with Gasteiger partial charge in [-0.15, -0.1) is 0 Å². The molecular formula is C34H43ClN2O3. The Hall–Kier alpha value is -3.28. The van der Waals surface area contributed by atoms with Crippen molar-refractivity contribution in [2.45, 2.75) is 53.4 Å². The van der Waals surface area contributed by atoms with Crippen LogP contribution in [-0.2, 0) is 0 Å². The zero-order chi connectivity index (χ0) is 28.7. The lowest BCUT2D eigenvalue weighted by atomic mass is 9.90. The molecule has 0 aromatic heterocycles. The molecule has 0 atom stereocenters. The van der Waals surface area contributed by atoms with E-state index in [0.717, 1.165) is 66.1 Å². The van der Waals surface area contributed by atoms with Gasteiger partial charge < -0.3 is 19.7 Å². The van der Waals surface area contributed by atoms with Gasteiger partial charge in [-0.3, -0.25) is 0 Å². The van der Waals surface area contributed by atoms with Gasteiger partial charge in [-0.1, -0.05) is 88.0 Å². The van der Waals surface area contributed by atoms with Gasteiger partial charge in [0, 0.05) is 18.1 Å². The van der Waals surface area contributed by atoms with Crippen molar-refractivity contribution < 1.29 is 14.3 Å². The van der Waals surface area contributed by atoms with E-state index in [0.29, 0.717) is 23.9 Å². The van der Waals surface area contributed by atoms with Crippen LogP contribution in [0.5, 0.6) is 11.5 Å². The minimum Gasteiger partial charge on any atom is -0.492 e. The quantitative estimate of drug-likeness (QED) is 0.149. The summed E-state index contributed by atoms with van der Waals surface area (Å²) in [5.74, 6) is 1.36. The maximum Gasteiger partial charge on any atom is 0.412 e. The second-order valence-corrected chi connectivity index (χ2v) is 10.2. The largest absolute Gasteiger partial charge is 0.492 e. The van der Waals surface area contributed by atoms with Crippen molar-refractivity contribution in [1.82, 2.24) is 10.2 Å². The maximum atomic E-state index is 12.2. The fraction of sp³-hybridized carbons (Fsp3) is 0.382. The Morgan fingerprint density at radius 2 is 1.35 bits per heavy atom. The van der Waals surface area contributed by atoms with E-state index >= 15 is 0 Å². The number of unbranched alkanes of at least 4 members (excludes halogenated alkanes) is 3. The van der Waals surface area contributed by atoms with Crippen LogP contribution in [0.3, 0.4) is 0 Å². The summed E-state index contributed by atoms with van der Waals surface area (Å²) in [6.07, 6.45) is 3.99. The van der Waals surface area contributed by atoms with Crippen LogP contribution < -0.4 is 14.8 Å². The van der Waals surface area contributed by atoms with Gasteiger partial charge in [0.2, 0.25) is 0 Å². The zero-order valence-electron chi connectivity index (χ0n) is 24.3. The maximum absolute atomic E-state index is 12.2. The van der Waals surface area contributed by atoms with Crippen LogP contribution in [0.1, 0.15) is 70.1 Å². The molecule has 5 nitrogen and oxygen atoms in total. The highest BCUT2D eigenvalue weighted by molar-refractivity contribution is 6.30. The number of hydrogen-bond donors (Lipinski definition) is 1. The lowest BCUT2D eigenvalue weighted by Crippen LogP contribution is -2.27. The SMILES string of the molecule is CCCCCCNC(=O)Oc1ccc(/C(=C(\C)c2ccc(Cl)cc2)c2ccc(OCCN(CC)CC)cc2)cc1. The van der Waals surface area contributed by atoms with Gasteiger partial charge in [-0.05, 0) is 90.7 Å². The number of nitrogens with one attached hydrogen (secondary N) is 1. The average Bonchev–Trinajstić information content (AvgIpc) is 2.97. The number of likely N-dealkylation sites (N-methyl/N-ethyl adjacent to an activating group) is 1. The lowest BCUT2D eigenvalue weighted by Gasteiger charge is -2.18. The monoisotopic (exact) mass is 562 g/mol. The van der Waals surface area contributed by atoms with E-state index in [1.165, 1.54) is 12.8 Å². The normalized spacial score (nSPS) is 11.8. The number of carbonyl (C=O) groups is 1. The van der Waals surface area contributed by atoms with Crippen LogP contribution in [-0.4, -0.2) is 43.8 Å².